The quantitative estimate of drug-likeness (QED) is 0.671. The first-order chi connectivity index (χ1) is 11.5. The van der Waals surface area contributed by atoms with E-state index in [1.54, 1.807) is 12.3 Å². The van der Waals surface area contributed by atoms with Gasteiger partial charge in [0, 0.05) is 23.1 Å². The van der Waals surface area contributed by atoms with Gasteiger partial charge in [-0.25, -0.2) is 4.39 Å². The molecule has 3 rings (SSSR count). The van der Waals surface area contributed by atoms with Crippen LogP contribution in [-0.2, 0) is 0 Å². The number of nitrogens with one attached hydrogen (secondary N) is 2. The molecule has 0 aliphatic rings. The summed E-state index contributed by atoms with van der Waals surface area (Å²) < 4.78 is 13.2. The van der Waals surface area contributed by atoms with Crippen molar-refractivity contribution in [3.05, 3.63) is 71.7 Å². The highest BCUT2D eigenvalue weighted by Gasteiger charge is 2.17. The van der Waals surface area contributed by atoms with Crippen molar-refractivity contribution < 1.29 is 14.3 Å². The molecular formula is C19H19FN2O2. The highest BCUT2D eigenvalue weighted by molar-refractivity contribution is 6.06. The Morgan fingerprint density at radius 1 is 1.25 bits per heavy atom. The molecule has 1 aromatic heterocycles. The molecule has 0 fully saturated rings. The van der Waals surface area contributed by atoms with Gasteiger partial charge in [-0.15, -0.1) is 0 Å². The van der Waals surface area contributed by atoms with Crippen LogP contribution < -0.4 is 5.32 Å². The maximum atomic E-state index is 13.2. The van der Waals surface area contributed by atoms with Gasteiger partial charge in [-0.3, -0.25) is 4.79 Å². The number of amides is 1. The molecule has 5 heteroatoms. The Balaban J connectivity index is 1.67. The summed E-state index contributed by atoms with van der Waals surface area (Å²) in [5.41, 5.74) is 1.87. The van der Waals surface area contributed by atoms with Crippen molar-refractivity contribution in [2.75, 3.05) is 0 Å². The van der Waals surface area contributed by atoms with Gasteiger partial charge in [0.2, 0.25) is 0 Å². The van der Waals surface area contributed by atoms with E-state index in [9.17, 15) is 14.3 Å². The number of aromatic amines is 1. The zero-order valence-electron chi connectivity index (χ0n) is 13.3. The summed E-state index contributed by atoms with van der Waals surface area (Å²) in [6.45, 7) is 1.85. The summed E-state index contributed by atoms with van der Waals surface area (Å²) >= 11 is 0. The molecule has 2 aromatic carbocycles. The van der Waals surface area contributed by atoms with E-state index in [1.165, 1.54) is 12.1 Å². The predicted molar refractivity (Wildman–Crippen MR) is 91.2 cm³/mol. The lowest BCUT2D eigenvalue weighted by Gasteiger charge is -2.18. The average molecular weight is 326 g/mol. The second-order valence-corrected chi connectivity index (χ2v) is 5.93. The van der Waals surface area contributed by atoms with Crippen molar-refractivity contribution in [3.8, 4) is 0 Å². The van der Waals surface area contributed by atoms with E-state index in [0.717, 1.165) is 5.56 Å². The third-order valence-corrected chi connectivity index (χ3v) is 4.03. The predicted octanol–water partition coefficient (Wildman–Crippen LogP) is 3.55. The van der Waals surface area contributed by atoms with Crippen LogP contribution in [0.3, 0.4) is 0 Å². The Morgan fingerprint density at radius 3 is 2.75 bits per heavy atom. The Labute approximate surface area is 139 Å². The van der Waals surface area contributed by atoms with Gasteiger partial charge >= 0.3 is 0 Å². The van der Waals surface area contributed by atoms with E-state index in [2.05, 4.69) is 10.3 Å². The second kappa shape index (κ2) is 6.84. The Morgan fingerprint density at radius 2 is 2.00 bits per heavy atom. The van der Waals surface area contributed by atoms with Crippen LogP contribution in [0.15, 0.2) is 54.7 Å². The number of halogens is 1. The summed E-state index contributed by atoms with van der Waals surface area (Å²) in [6, 6.07) is 13.4. The standard InChI is InChI=1S/C19H19FN2O2/c1-12(9-18(23)13-5-3-2-4-6-13)22-19(24)16-11-21-17-10-14(20)7-8-15(16)17/h2-8,10-12,18,21,23H,9H2,1H3,(H,22,24). The van der Waals surface area contributed by atoms with Crippen molar-refractivity contribution >= 4 is 16.8 Å². The summed E-state index contributed by atoms with van der Waals surface area (Å²) in [5, 5.41) is 13.8. The van der Waals surface area contributed by atoms with Crippen LogP contribution >= 0.6 is 0 Å². The first-order valence-electron chi connectivity index (χ1n) is 7.85. The molecule has 1 heterocycles. The summed E-state index contributed by atoms with van der Waals surface area (Å²) in [4.78, 5) is 15.3. The zero-order chi connectivity index (χ0) is 17.1. The number of carbonyl (C=O) groups is 1. The minimum Gasteiger partial charge on any atom is -0.388 e. The lowest BCUT2D eigenvalue weighted by Crippen LogP contribution is -2.33. The molecule has 0 aliphatic carbocycles. The Hall–Kier alpha value is -2.66. The molecule has 0 saturated carbocycles. The second-order valence-electron chi connectivity index (χ2n) is 5.93. The van der Waals surface area contributed by atoms with Gasteiger partial charge in [-0.1, -0.05) is 30.3 Å². The van der Waals surface area contributed by atoms with Crippen LogP contribution in [0.4, 0.5) is 4.39 Å². The van der Waals surface area contributed by atoms with E-state index in [0.29, 0.717) is 22.9 Å². The monoisotopic (exact) mass is 326 g/mol. The first-order valence-corrected chi connectivity index (χ1v) is 7.85. The highest BCUT2D eigenvalue weighted by Crippen LogP contribution is 2.21. The SMILES string of the molecule is CC(CC(O)c1ccccc1)NC(=O)c1c[nH]c2cc(F)ccc12. The molecule has 0 bridgehead atoms. The van der Waals surface area contributed by atoms with E-state index >= 15 is 0 Å². The summed E-state index contributed by atoms with van der Waals surface area (Å²) in [5.74, 6) is -0.601. The Bertz CT molecular complexity index is 845. The minimum atomic E-state index is -0.640. The molecule has 2 atom stereocenters. The molecule has 3 aromatic rings. The van der Waals surface area contributed by atoms with Crippen molar-refractivity contribution in [3.63, 3.8) is 0 Å². The minimum absolute atomic E-state index is 0.210. The Kier molecular flexibility index (Phi) is 4.62. The fourth-order valence-electron chi connectivity index (χ4n) is 2.79. The number of hydrogen-bond acceptors (Lipinski definition) is 2. The van der Waals surface area contributed by atoms with Crippen LogP contribution in [0.2, 0.25) is 0 Å². The first kappa shape index (κ1) is 16.2. The maximum absolute atomic E-state index is 13.2. The number of aliphatic hydroxyl groups is 1. The van der Waals surface area contributed by atoms with Crippen LogP contribution in [0.25, 0.3) is 10.9 Å². The number of H-pyrrole nitrogens is 1. The van der Waals surface area contributed by atoms with Gasteiger partial charge in [-0.05, 0) is 37.1 Å². The number of benzene rings is 2. The smallest absolute Gasteiger partial charge is 0.253 e. The molecule has 0 spiro atoms. The van der Waals surface area contributed by atoms with Crippen molar-refractivity contribution in [1.82, 2.24) is 10.3 Å². The lowest BCUT2D eigenvalue weighted by atomic mass is 10.0. The molecule has 4 nitrogen and oxygen atoms in total. The van der Waals surface area contributed by atoms with Gasteiger partial charge < -0.3 is 15.4 Å². The molecule has 0 radical (unpaired) electrons. The van der Waals surface area contributed by atoms with Crippen molar-refractivity contribution in [2.45, 2.75) is 25.5 Å². The zero-order valence-corrected chi connectivity index (χ0v) is 13.3. The summed E-state index contributed by atoms with van der Waals surface area (Å²) in [6.07, 6.45) is 1.34. The summed E-state index contributed by atoms with van der Waals surface area (Å²) in [7, 11) is 0. The number of carbonyl (C=O) groups excluding carboxylic acids is 1. The van der Waals surface area contributed by atoms with Gasteiger partial charge in [0.15, 0.2) is 0 Å². The molecule has 0 aliphatic heterocycles. The fourth-order valence-corrected chi connectivity index (χ4v) is 2.79. The molecule has 124 valence electrons. The lowest BCUT2D eigenvalue weighted by molar-refractivity contribution is 0.0918. The van der Waals surface area contributed by atoms with Gasteiger partial charge in [0.25, 0.3) is 5.91 Å². The normalized spacial score (nSPS) is 13.6. The molecular weight excluding hydrogens is 307 g/mol. The molecule has 0 saturated heterocycles. The van der Waals surface area contributed by atoms with Gasteiger partial charge in [0.1, 0.15) is 5.82 Å². The number of fused-ring (bicyclic) bond motifs is 1. The number of aliphatic hydroxyl groups excluding tert-OH is 1. The number of rotatable bonds is 5. The number of hydrogen-bond donors (Lipinski definition) is 3. The topological polar surface area (TPSA) is 65.1 Å². The van der Waals surface area contributed by atoms with Crippen LogP contribution in [-0.4, -0.2) is 22.0 Å². The van der Waals surface area contributed by atoms with Crippen LogP contribution in [0, 0.1) is 5.82 Å². The van der Waals surface area contributed by atoms with E-state index in [4.69, 9.17) is 0 Å². The molecule has 2 unspecified atom stereocenters. The van der Waals surface area contributed by atoms with Gasteiger partial charge in [0.05, 0.1) is 11.7 Å². The van der Waals surface area contributed by atoms with E-state index < -0.39 is 6.10 Å². The molecule has 24 heavy (non-hydrogen) atoms. The van der Waals surface area contributed by atoms with Crippen LogP contribution in [0.1, 0.15) is 35.4 Å². The van der Waals surface area contributed by atoms with Crippen molar-refractivity contribution in [1.29, 1.82) is 0 Å². The van der Waals surface area contributed by atoms with Crippen LogP contribution in [0.5, 0.6) is 0 Å². The maximum Gasteiger partial charge on any atom is 0.253 e. The van der Waals surface area contributed by atoms with E-state index in [-0.39, 0.29) is 17.8 Å². The third-order valence-electron chi connectivity index (χ3n) is 4.03. The van der Waals surface area contributed by atoms with E-state index in [1.807, 2.05) is 37.3 Å². The molecule has 1 amide bonds. The highest BCUT2D eigenvalue weighted by atomic mass is 19.1. The van der Waals surface area contributed by atoms with Crippen molar-refractivity contribution in [2.24, 2.45) is 0 Å². The average Bonchev–Trinajstić information content (AvgIpc) is 2.98. The third kappa shape index (κ3) is 3.46. The fraction of sp³-hybridized carbons (Fsp3) is 0.211. The molecule has 3 N–H and O–H groups in total. The number of aromatic nitrogens is 1. The van der Waals surface area contributed by atoms with Gasteiger partial charge in [-0.2, -0.15) is 0 Å². The largest absolute Gasteiger partial charge is 0.388 e.